The van der Waals surface area contributed by atoms with E-state index in [1.54, 1.807) is 12.1 Å². The van der Waals surface area contributed by atoms with Crippen LogP contribution < -0.4 is 5.32 Å². The molecule has 2 rings (SSSR count). The van der Waals surface area contributed by atoms with Crippen LogP contribution >= 0.6 is 11.6 Å². The van der Waals surface area contributed by atoms with Crippen molar-refractivity contribution in [3.63, 3.8) is 0 Å². The van der Waals surface area contributed by atoms with Gasteiger partial charge in [0.15, 0.2) is 5.76 Å². The number of carbonyl (C=O) groups excluding carboxylic acids is 2. The molecule has 6 heteroatoms. The van der Waals surface area contributed by atoms with E-state index >= 15 is 0 Å². The fraction of sp³-hybridized carbons (Fsp3) is 0.600. The highest BCUT2D eigenvalue weighted by molar-refractivity contribution is 6.19. The van der Waals surface area contributed by atoms with E-state index < -0.39 is 5.41 Å². The minimum atomic E-state index is -0.536. The molecule has 0 unspecified atom stereocenters. The molecule has 2 heterocycles. The smallest absolute Gasteiger partial charge is 0.287 e. The van der Waals surface area contributed by atoms with Crippen molar-refractivity contribution in [1.29, 1.82) is 0 Å². The van der Waals surface area contributed by atoms with Gasteiger partial charge in [-0.3, -0.25) is 9.59 Å². The molecule has 0 spiro atoms. The van der Waals surface area contributed by atoms with Gasteiger partial charge in [0.25, 0.3) is 5.91 Å². The summed E-state index contributed by atoms with van der Waals surface area (Å²) in [6.07, 6.45) is 2.97. The zero-order valence-electron chi connectivity index (χ0n) is 12.4. The summed E-state index contributed by atoms with van der Waals surface area (Å²) in [5.41, 5.74) is -0.536. The lowest BCUT2D eigenvalue weighted by atomic mass is 9.92. The summed E-state index contributed by atoms with van der Waals surface area (Å²) in [6.45, 7) is 4.99. The normalized spacial score (nSPS) is 16.8. The van der Waals surface area contributed by atoms with Gasteiger partial charge in [0, 0.05) is 25.0 Å². The van der Waals surface area contributed by atoms with Gasteiger partial charge in [-0.05, 0) is 38.8 Å². The minimum absolute atomic E-state index is 0.0748. The SMILES string of the molecule is CC(C)(CCl)C(=O)N1CCC(NC(=O)c2ccco2)CC1. The van der Waals surface area contributed by atoms with Crippen molar-refractivity contribution >= 4 is 23.4 Å². The van der Waals surface area contributed by atoms with Crippen molar-refractivity contribution in [2.24, 2.45) is 5.41 Å². The largest absolute Gasteiger partial charge is 0.459 e. The highest BCUT2D eigenvalue weighted by Gasteiger charge is 2.33. The molecule has 0 saturated carbocycles. The van der Waals surface area contributed by atoms with Gasteiger partial charge in [0.05, 0.1) is 11.7 Å². The maximum absolute atomic E-state index is 12.3. The number of piperidine rings is 1. The van der Waals surface area contributed by atoms with Crippen LogP contribution in [0, 0.1) is 5.41 Å². The lowest BCUT2D eigenvalue weighted by Gasteiger charge is -2.36. The molecule has 1 aromatic heterocycles. The fourth-order valence-electron chi connectivity index (χ4n) is 2.38. The Labute approximate surface area is 129 Å². The minimum Gasteiger partial charge on any atom is -0.459 e. The predicted molar refractivity (Wildman–Crippen MR) is 80.3 cm³/mol. The van der Waals surface area contributed by atoms with Gasteiger partial charge in [-0.25, -0.2) is 0 Å². The Morgan fingerprint density at radius 2 is 2.10 bits per heavy atom. The summed E-state index contributed by atoms with van der Waals surface area (Å²) in [5.74, 6) is 0.497. The number of halogens is 1. The van der Waals surface area contributed by atoms with Crippen LogP contribution in [0.2, 0.25) is 0 Å². The molecule has 1 saturated heterocycles. The Bertz CT molecular complexity index is 491. The van der Waals surface area contributed by atoms with Crippen molar-refractivity contribution in [1.82, 2.24) is 10.2 Å². The summed E-state index contributed by atoms with van der Waals surface area (Å²) >= 11 is 5.85. The molecule has 1 aromatic rings. The second-order valence-corrected chi connectivity index (χ2v) is 6.30. The molecule has 0 aliphatic carbocycles. The van der Waals surface area contributed by atoms with E-state index in [4.69, 9.17) is 16.0 Å². The zero-order valence-corrected chi connectivity index (χ0v) is 13.2. The Kier molecular flexibility index (Phi) is 4.93. The van der Waals surface area contributed by atoms with Crippen LogP contribution in [0.1, 0.15) is 37.2 Å². The first-order valence-corrected chi connectivity index (χ1v) is 7.67. The van der Waals surface area contributed by atoms with Gasteiger partial charge >= 0.3 is 0 Å². The number of carbonyl (C=O) groups is 2. The van der Waals surface area contributed by atoms with E-state index in [9.17, 15) is 9.59 Å². The Morgan fingerprint density at radius 1 is 1.43 bits per heavy atom. The maximum atomic E-state index is 12.3. The summed E-state index contributed by atoms with van der Waals surface area (Å²) < 4.78 is 5.06. The number of nitrogens with zero attached hydrogens (tertiary/aromatic N) is 1. The molecule has 0 bridgehead atoms. The van der Waals surface area contributed by atoms with Crippen LogP contribution in [-0.2, 0) is 4.79 Å². The third-order valence-corrected chi connectivity index (χ3v) is 4.44. The Balaban J connectivity index is 1.83. The quantitative estimate of drug-likeness (QED) is 0.868. The van der Waals surface area contributed by atoms with Gasteiger partial charge in [-0.2, -0.15) is 0 Å². The van der Waals surface area contributed by atoms with Gasteiger partial charge in [-0.1, -0.05) is 0 Å². The van der Waals surface area contributed by atoms with Crippen LogP contribution in [0.3, 0.4) is 0 Å². The Morgan fingerprint density at radius 3 is 2.62 bits per heavy atom. The fourth-order valence-corrected chi connectivity index (χ4v) is 2.49. The second kappa shape index (κ2) is 6.52. The molecule has 1 N–H and O–H groups in total. The number of nitrogens with one attached hydrogen (secondary N) is 1. The first-order chi connectivity index (χ1) is 9.94. The van der Waals surface area contributed by atoms with E-state index in [0.29, 0.717) is 24.7 Å². The van der Waals surface area contributed by atoms with Crippen LogP contribution in [0.15, 0.2) is 22.8 Å². The van der Waals surface area contributed by atoms with Crippen LogP contribution in [-0.4, -0.2) is 41.7 Å². The third kappa shape index (κ3) is 3.79. The molecule has 5 nitrogen and oxygen atoms in total. The molecule has 1 fully saturated rings. The summed E-state index contributed by atoms with van der Waals surface area (Å²) in [4.78, 5) is 26.0. The van der Waals surface area contributed by atoms with Crippen molar-refractivity contribution in [3.8, 4) is 0 Å². The number of alkyl halides is 1. The van der Waals surface area contributed by atoms with Crippen molar-refractivity contribution in [3.05, 3.63) is 24.2 Å². The lowest BCUT2D eigenvalue weighted by molar-refractivity contribution is -0.140. The van der Waals surface area contributed by atoms with Crippen molar-refractivity contribution in [2.75, 3.05) is 19.0 Å². The van der Waals surface area contributed by atoms with Gasteiger partial charge < -0.3 is 14.6 Å². The van der Waals surface area contributed by atoms with Gasteiger partial charge in [-0.15, -0.1) is 11.6 Å². The molecule has 116 valence electrons. The highest BCUT2D eigenvalue weighted by Crippen LogP contribution is 2.23. The number of likely N-dealkylation sites (tertiary alicyclic amines) is 1. The first-order valence-electron chi connectivity index (χ1n) is 7.14. The monoisotopic (exact) mass is 312 g/mol. The maximum Gasteiger partial charge on any atom is 0.287 e. The number of hydrogen-bond donors (Lipinski definition) is 1. The second-order valence-electron chi connectivity index (χ2n) is 6.03. The Hall–Kier alpha value is -1.49. The van der Waals surface area contributed by atoms with E-state index in [2.05, 4.69) is 5.32 Å². The van der Waals surface area contributed by atoms with Crippen molar-refractivity contribution in [2.45, 2.75) is 32.7 Å². The van der Waals surface area contributed by atoms with Gasteiger partial charge in [0.1, 0.15) is 0 Å². The highest BCUT2D eigenvalue weighted by atomic mass is 35.5. The number of furan rings is 1. The lowest BCUT2D eigenvalue weighted by Crippen LogP contribution is -2.50. The molecule has 21 heavy (non-hydrogen) atoms. The average Bonchev–Trinajstić information content (AvgIpc) is 3.01. The molecular formula is C15H21ClN2O3. The van der Waals surface area contributed by atoms with E-state index in [0.717, 1.165) is 12.8 Å². The number of rotatable bonds is 4. The molecule has 0 atom stereocenters. The molecule has 1 aliphatic heterocycles. The van der Waals surface area contributed by atoms with Crippen LogP contribution in [0.5, 0.6) is 0 Å². The first kappa shape index (κ1) is 15.9. The molecule has 2 amide bonds. The van der Waals surface area contributed by atoms with E-state index in [-0.39, 0.29) is 17.9 Å². The topological polar surface area (TPSA) is 62.6 Å². The molecule has 0 aromatic carbocycles. The average molecular weight is 313 g/mol. The van der Waals surface area contributed by atoms with Crippen LogP contribution in [0.25, 0.3) is 0 Å². The molecular weight excluding hydrogens is 292 g/mol. The summed E-state index contributed by atoms with van der Waals surface area (Å²) in [7, 11) is 0. The zero-order chi connectivity index (χ0) is 15.5. The standard InChI is InChI=1S/C15H21ClN2O3/c1-15(2,10-16)14(20)18-7-5-11(6-8-18)17-13(19)12-4-3-9-21-12/h3-4,9,11H,5-8,10H2,1-2H3,(H,17,19). The summed E-state index contributed by atoms with van der Waals surface area (Å²) in [6, 6.07) is 3.40. The van der Waals surface area contributed by atoms with E-state index in [1.165, 1.54) is 6.26 Å². The number of hydrogen-bond acceptors (Lipinski definition) is 3. The van der Waals surface area contributed by atoms with Crippen molar-refractivity contribution < 1.29 is 14.0 Å². The number of amides is 2. The van der Waals surface area contributed by atoms with Crippen LogP contribution in [0.4, 0.5) is 0 Å². The van der Waals surface area contributed by atoms with E-state index in [1.807, 2.05) is 18.7 Å². The summed E-state index contributed by atoms with van der Waals surface area (Å²) in [5, 5.41) is 2.94. The van der Waals surface area contributed by atoms with Gasteiger partial charge in [0.2, 0.25) is 5.91 Å². The molecule has 0 radical (unpaired) electrons. The predicted octanol–water partition coefficient (Wildman–Crippen LogP) is 2.27. The molecule has 1 aliphatic rings. The third-order valence-electron chi connectivity index (χ3n) is 3.78.